The third-order valence-corrected chi connectivity index (χ3v) is 4.23. The van der Waals surface area contributed by atoms with Gasteiger partial charge in [0.05, 0.1) is 12.3 Å². The van der Waals surface area contributed by atoms with Gasteiger partial charge in [0.1, 0.15) is 6.26 Å². The molecule has 0 radical (unpaired) electrons. The van der Waals surface area contributed by atoms with Crippen LogP contribution in [0.2, 0.25) is 0 Å². The number of benzene rings is 2. The van der Waals surface area contributed by atoms with E-state index in [4.69, 9.17) is 9.15 Å². The van der Waals surface area contributed by atoms with Crippen LogP contribution in [0, 0.1) is 6.92 Å². The van der Waals surface area contributed by atoms with Crippen LogP contribution in [0.1, 0.15) is 22.9 Å². The summed E-state index contributed by atoms with van der Waals surface area (Å²) in [6.07, 6.45) is 1.85. The normalized spacial score (nSPS) is 16.3. The standard InChI is InChI=1S/C20H18N2O3/c1-13-12-25-20(21-13)15-6-4-7-16(11-15)22-19(23)18-17-8-3-2-5-14(17)9-10-24-18/h2-8,11-12,18H,9-10H2,1H3,(H,22,23). The van der Waals surface area contributed by atoms with Gasteiger partial charge in [-0.2, -0.15) is 0 Å². The van der Waals surface area contributed by atoms with Gasteiger partial charge in [0, 0.05) is 11.3 Å². The molecule has 0 aliphatic carbocycles. The Kier molecular flexibility index (Phi) is 4.07. The molecule has 1 unspecified atom stereocenters. The molecule has 0 fully saturated rings. The lowest BCUT2D eigenvalue weighted by atomic mass is 9.97. The lowest BCUT2D eigenvalue weighted by Gasteiger charge is -2.25. The quantitative estimate of drug-likeness (QED) is 0.789. The van der Waals surface area contributed by atoms with E-state index < -0.39 is 6.10 Å². The second-order valence-corrected chi connectivity index (χ2v) is 6.06. The van der Waals surface area contributed by atoms with Crippen molar-refractivity contribution in [3.8, 4) is 11.5 Å². The van der Waals surface area contributed by atoms with Crippen LogP contribution in [0.25, 0.3) is 11.5 Å². The van der Waals surface area contributed by atoms with Gasteiger partial charge in [0.25, 0.3) is 5.91 Å². The molecule has 1 aliphatic rings. The molecule has 5 heteroatoms. The van der Waals surface area contributed by atoms with Crippen molar-refractivity contribution in [3.63, 3.8) is 0 Å². The van der Waals surface area contributed by atoms with Gasteiger partial charge in [0.15, 0.2) is 6.10 Å². The smallest absolute Gasteiger partial charge is 0.258 e. The van der Waals surface area contributed by atoms with E-state index in [0.717, 1.165) is 28.8 Å². The first-order chi connectivity index (χ1) is 12.2. The van der Waals surface area contributed by atoms with Crippen LogP contribution in [0.4, 0.5) is 5.69 Å². The Morgan fingerprint density at radius 1 is 1.20 bits per heavy atom. The van der Waals surface area contributed by atoms with Crippen LogP contribution in [-0.4, -0.2) is 17.5 Å². The highest BCUT2D eigenvalue weighted by molar-refractivity contribution is 5.95. The molecule has 0 saturated carbocycles. The van der Waals surface area contributed by atoms with Gasteiger partial charge in [-0.1, -0.05) is 30.3 Å². The van der Waals surface area contributed by atoms with E-state index in [1.54, 1.807) is 6.26 Å². The molecule has 1 aliphatic heterocycles. The highest BCUT2D eigenvalue weighted by Gasteiger charge is 2.27. The highest BCUT2D eigenvalue weighted by Crippen LogP contribution is 2.29. The van der Waals surface area contributed by atoms with Crippen LogP contribution in [0.3, 0.4) is 0 Å². The van der Waals surface area contributed by atoms with Crippen molar-refractivity contribution < 1.29 is 13.9 Å². The minimum atomic E-state index is -0.586. The predicted molar refractivity (Wildman–Crippen MR) is 94.1 cm³/mol. The molecule has 5 nitrogen and oxygen atoms in total. The Morgan fingerprint density at radius 3 is 2.92 bits per heavy atom. The molecule has 3 aromatic rings. The summed E-state index contributed by atoms with van der Waals surface area (Å²) in [4.78, 5) is 17.0. The van der Waals surface area contributed by atoms with Crippen LogP contribution < -0.4 is 5.32 Å². The number of nitrogens with one attached hydrogen (secondary N) is 1. The zero-order chi connectivity index (χ0) is 17.2. The molecular formula is C20H18N2O3. The van der Waals surface area contributed by atoms with Gasteiger partial charge in [-0.3, -0.25) is 4.79 Å². The van der Waals surface area contributed by atoms with Crippen LogP contribution in [0.15, 0.2) is 59.2 Å². The largest absolute Gasteiger partial charge is 0.444 e. The number of carbonyl (C=O) groups excluding carboxylic acids is 1. The number of amides is 1. The summed E-state index contributed by atoms with van der Waals surface area (Å²) >= 11 is 0. The number of fused-ring (bicyclic) bond motifs is 1. The van der Waals surface area contributed by atoms with E-state index in [2.05, 4.69) is 10.3 Å². The van der Waals surface area contributed by atoms with Crippen LogP contribution >= 0.6 is 0 Å². The van der Waals surface area contributed by atoms with Gasteiger partial charge >= 0.3 is 0 Å². The lowest BCUT2D eigenvalue weighted by Crippen LogP contribution is -2.28. The van der Waals surface area contributed by atoms with Crippen molar-refractivity contribution in [2.75, 3.05) is 11.9 Å². The molecule has 25 heavy (non-hydrogen) atoms. The molecule has 0 spiro atoms. The van der Waals surface area contributed by atoms with Gasteiger partial charge in [-0.25, -0.2) is 4.98 Å². The van der Waals surface area contributed by atoms with E-state index in [1.807, 2.05) is 55.5 Å². The number of aryl methyl sites for hydroxylation is 1. The first kappa shape index (κ1) is 15.6. The second-order valence-electron chi connectivity index (χ2n) is 6.06. The maximum Gasteiger partial charge on any atom is 0.258 e. The van der Waals surface area contributed by atoms with Gasteiger partial charge in [-0.05, 0) is 42.7 Å². The van der Waals surface area contributed by atoms with Crippen molar-refractivity contribution in [3.05, 3.63) is 71.6 Å². The maximum atomic E-state index is 12.7. The van der Waals surface area contributed by atoms with Gasteiger partial charge in [-0.15, -0.1) is 0 Å². The number of aromatic nitrogens is 1. The maximum absolute atomic E-state index is 12.7. The van der Waals surface area contributed by atoms with E-state index in [9.17, 15) is 4.79 Å². The number of ether oxygens (including phenoxy) is 1. The Labute approximate surface area is 145 Å². The molecule has 2 heterocycles. The number of oxazole rings is 1. The summed E-state index contributed by atoms with van der Waals surface area (Å²) in [5.41, 5.74) is 4.42. The number of hydrogen-bond donors (Lipinski definition) is 1. The van der Waals surface area contributed by atoms with Gasteiger partial charge < -0.3 is 14.5 Å². The average Bonchev–Trinajstić information content (AvgIpc) is 3.08. The van der Waals surface area contributed by atoms with Crippen LogP contribution in [-0.2, 0) is 16.0 Å². The molecule has 1 aromatic heterocycles. The molecule has 0 bridgehead atoms. The fourth-order valence-corrected chi connectivity index (χ4v) is 3.04. The predicted octanol–water partition coefficient (Wildman–Crippen LogP) is 3.90. The SMILES string of the molecule is Cc1coc(-c2cccc(NC(=O)C3OCCc4ccccc43)c2)n1. The molecule has 1 N–H and O–H groups in total. The Morgan fingerprint density at radius 2 is 2.08 bits per heavy atom. The first-order valence-corrected chi connectivity index (χ1v) is 8.23. The van der Waals surface area contributed by atoms with E-state index in [-0.39, 0.29) is 5.91 Å². The fraction of sp³-hybridized carbons (Fsp3) is 0.200. The van der Waals surface area contributed by atoms with E-state index in [1.165, 1.54) is 0 Å². The number of carbonyl (C=O) groups is 1. The molecular weight excluding hydrogens is 316 g/mol. The summed E-state index contributed by atoms with van der Waals surface area (Å²) in [5.74, 6) is 0.362. The molecule has 1 amide bonds. The molecule has 126 valence electrons. The number of anilines is 1. The average molecular weight is 334 g/mol. The fourth-order valence-electron chi connectivity index (χ4n) is 3.04. The molecule has 2 aromatic carbocycles. The third-order valence-electron chi connectivity index (χ3n) is 4.23. The second kappa shape index (κ2) is 6.53. The van der Waals surface area contributed by atoms with Crippen molar-refractivity contribution >= 4 is 11.6 Å². The van der Waals surface area contributed by atoms with Crippen molar-refractivity contribution in [1.82, 2.24) is 4.98 Å². The lowest BCUT2D eigenvalue weighted by molar-refractivity contribution is -0.128. The van der Waals surface area contributed by atoms with Crippen molar-refractivity contribution in [1.29, 1.82) is 0 Å². The Hall–Kier alpha value is -2.92. The van der Waals surface area contributed by atoms with E-state index >= 15 is 0 Å². The monoisotopic (exact) mass is 334 g/mol. The number of rotatable bonds is 3. The molecule has 0 saturated heterocycles. The zero-order valence-corrected chi connectivity index (χ0v) is 13.9. The summed E-state index contributed by atoms with van der Waals surface area (Å²) < 4.78 is 11.1. The zero-order valence-electron chi connectivity index (χ0n) is 13.9. The minimum Gasteiger partial charge on any atom is -0.444 e. The summed E-state index contributed by atoms with van der Waals surface area (Å²) in [6, 6.07) is 15.4. The third kappa shape index (κ3) is 3.19. The molecule has 1 atom stereocenters. The summed E-state index contributed by atoms with van der Waals surface area (Å²) in [6.45, 7) is 2.42. The van der Waals surface area contributed by atoms with E-state index in [0.29, 0.717) is 18.2 Å². The summed E-state index contributed by atoms with van der Waals surface area (Å²) in [5, 5.41) is 2.94. The van der Waals surface area contributed by atoms with Gasteiger partial charge in [0.2, 0.25) is 5.89 Å². The Balaban J connectivity index is 1.56. The topological polar surface area (TPSA) is 64.4 Å². The number of hydrogen-bond acceptors (Lipinski definition) is 4. The first-order valence-electron chi connectivity index (χ1n) is 8.23. The van der Waals surface area contributed by atoms with Crippen molar-refractivity contribution in [2.24, 2.45) is 0 Å². The highest BCUT2D eigenvalue weighted by atomic mass is 16.5. The van der Waals surface area contributed by atoms with Crippen LogP contribution in [0.5, 0.6) is 0 Å². The summed E-state index contributed by atoms with van der Waals surface area (Å²) in [7, 11) is 0. The molecule has 4 rings (SSSR count). The minimum absolute atomic E-state index is 0.173. The number of nitrogens with zero attached hydrogens (tertiary/aromatic N) is 1. The van der Waals surface area contributed by atoms with Crippen molar-refractivity contribution in [2.45, 2.75) is 19.4 Å². The Bertz CT molecular complexity index is 917.